The van der Waals surface area contributed by atoms with Crippen molar-refractivity contribution in [2.45, 2.75) is 45.8 Å². The maximum absolute atomic E-state index is 13.1. The Morgan fingerprint density at radius 3 is 2.24 bits per heavy atom. The van der Waals surface area contributed by atoms with E-state index in [2.05, 4.69) is 10.3 Å². The molecule has 2 rings (SSSR count). The fourth-order valence-electron chi connectivity index (χ4n) is 2.47. The van der Waals surface area contributed by atoms with Crippen LogP contribution in [0.3, 0.4) is 0 Å². The zero-order valence-corrected chi connectivity index (χ0v) is 15.8. The number of hydrogen-bond donors (Lipinski definition) is 1. The summed E-state index contributed by atoms with van der Waals surface area (Å²) >= 11 is 5.87. The van der Waals surface area contributed by atoms with E-state index in [1.54, 1.807) is 77.3 Å². The van der Waals surface area contributed by atoms with Gasteiger partial charge in [0.05, 0.1) is 0 Å². The molecule has 0 aliphatic carbocycles. The molecule has 0 bridgehead atoms. The minimum atomic E-state index is -1.54. The molecule has 0 saturated heterocycles. The third-order valence-electron chi connectivity index (χ3n) is 4.23. The summed E-state index contributed by atoms with van der Waals surface area (Å²) in [5.41, 5.74) is -2.75. The molecule has 0 saturated carbocycles. The van der Waals surface area contributed by atoms with Crippen molar-refractivity contribution >= 4 is 35.4 Å². The number of esters is 1. The molecular weight excluding hydrogens is 340 g/mol. The number of benzene rings is 1. The Bertz CT molecular complexity index is 720. The zero-order valence-electron chi connectivity index (χ0n) is 15.1. The molecule has 134 valence electrons. The quantitative estimate of drug-likeness (QED) is 0.649. The second-order valence-corrected chi connectivity index (χ2v) is 7.81. The maximum atomic E-state index is 13.1. The minimum Gasteiger partial charge on any atom is -0.459 e. The summed E-state index contributed by atoms with van der Waals surface area (Å²) in [5, 5.41) is 3.33. The molecule has 0 spiro atoms. The van der Waals surface area contributed by atoms with Gasteiger partial charge in [0.2, 0.25) is 5.91 Å². The van der Waals surface area contributed by atoms with E-state index in [0.29, 0.717) is 10.7 Å². The van der Waals surface area contributed by atoms with Crippen LogP contribution in [-0.2, 0) is 14.3 Å². The highest BCUT2D eigenvalue weighted by Gasteiger charge is 2.57. The number of halogens is 1. The van der Waals surface area contributed by atoms with Gasteiger partial charge < -0.3 is 10.1 Å². The van der Waals surface area contributed by atoms with Gasteiger partial charge in [0.1, 0.15) is 11.1 Å². The van der Waals surface area contributed by atoms with Crippen LogP contribution in [0, 0.1) is 5.41 Å². The highest BCUT2D eigenvalue weighted by atomic mass is 35.5. The molecule has 6 heteroatoms. The predicted molar refractivity (Wildman–Crippen MR) is 100 cm³/mol. The topological polar surface area (TPSA) is 67.8 Å². The van der Waals surface area contributed by atoms with E-state index in [1.807, 2.05) is 0 Å². The first-order chi connectivity index (χ1) is 11.5. The largest absolute Gasteiger partial charge is 0.459 e. The van der Waals surface area contributed by atoms with Gasteiger partial charge in [0, 0.05) is 16.9 Å². The molecule has 2 unspecified atom stereocenters. The van der Waals surface area contributed by atoms with Gasteiger partial charge in [0.25, 0.3) is 0 Å². The van der Waals surface area contributed by atoms with Gasteiger partial charge in [-0.05, 0) is 65.0 Å². The molecule has 1 aromatic rings. The first kappa shape index (κ1) is 19.2. The second-order valence-electron chi connectivity index (χ2n) is 7.37. The van der Waals surface area contributed by atoms with Crippen LogP contribution < -0.4 is 5.32 Å². The smallest absolute Gasteiger partial charge is 0.324 e. The lowest BCUT2D eigenvalue weighted by Gasteiger charge is -2.38. The number of carbonyl (C=O) groups is 2. The molecule has 1 heterocycles. The molecule has 1 N–H and O–H groups in total. The van der Waals surface area contributed by atoms with Crippen LogP contribution in [-0.4, -0.2) is 29.2 Å². The Balaban J connectivity index is 2.38. The molecule has 1 aliphatic rings. The SMILES string of the molecule is CC(C)(C)OC(=O)C(C)(C(=O)Nc1ccc(Cl)cc1)C1(C)C=CC=N1. The van der Waals surface area contributed by atoms with Crippen LogP contribution >= 0.6 is 11.6 Å². The molecule has 1 amide bonds. The molecule has 0 aromatic heterocycles. The van der Waals surface area contributed by atoms with Crippen molar-refractivity contribution in [1.82, 2.24) is 0 Å². The molecule has 25 heavy (non-hydrogen) atoms. The number of rotatable bonds is 4. The third kappa shape index (κ3) is 3.93. The summed E-state index contributed by atoms with van der Waals surface area (Å²) in [5.74, 6) is -1.12. The van der Waals surface area contributed by atoms with E-state index >= 15 is 0 Å². The lowest BCUT2D eigenvalue weighted by Crippen LogP contribution is -2.56. The van der Waals surface area contributed by atoms with Gasteiger partial charge >= 0.3 is 5.97 Å². The fourth-order valence-corrected chi connectivity index (χ4v) is 2.59. The Morgan fingerprint density at radius 2 is 1.76 bits per heavy atom. The monoisotopic (exact) mass is 362 g/mol. The van der Waals surface area contributed by atoms with Crippen LogP contribution in [0.2, 0.25) is 5.02 Å². The van der Waals surface area contributed by atoms with Crippen molar-refractivity contribution < 1.29 is 14.3 Å². The maximum Gasteiger partial charge on any atom is 0.324 e. The summed E-state index contributed by atoms with van der Waals surface area (Å²) < 4.78 is 5.53. The van der Waals surface area contributed by atoms with E-state index in [9.17, 15) is 9.59 Å². The first-order valence-corrected chi connectivity index (χ1v) is 8.39. The number of allylic oxidation sites excluding steroid dienone is 1. The van der Waals surface area contributed by atoms with E-state index in [0.717, 1.165) is 0 Å². The number of ether oxygens (including phenoxy) is 1. The van der Waals surface area contributed by atoms with E-state index < -0.39 is 28.4 Å². The Hall–Kier alpha value is -2.14. The van der Waals surface area contributed by atoms with Gasteiger partial charge in [-0.25, -0.2) is 0 Å². The third-order valence-corrected chi connectivity index (χ3v) is 4.48. The standard InChI is InChI=1S/C19H23ClN2O3/c1-17(2,3)25-16(24)19(5,18(4)11-6-12-21-18)15(23)22-14-9-7-13(20)8-10-14/h6-12H,1-5H3,(H,22,23). The van der Waals surface area contributed by atoms with Crippen LogP contribution in [0.1, 0.15) is 34.6 Å². The number of carbonyl (C=O) groups excluding carboxylic acids is 2. The molecule has 0 fully saturated rings. The minimum absolute atomic E-state index is 0.490. The molecule has 1 aliphatic heterocycles. The summed E-state index contributed by atoms with van der Waals surface area (Å²) in [7, 11) is 0. The van der Waals surface area contributed by atoms with Crippen LogP contribution in [0.25, 0.3) is 0 Å². The van der Waals surface area contributed by atoms with Gasteiger partial charge in [-0.2, -0.15) is 0 Å². The van der Waals surface area contributed by atoms with Crippen LogP contribution in [0.15, 0.2) is 41.4 Å². The van der Waals surface area contributed by atoms with E-state index in [4.69, 9.17) is 16.3 Å². The van der Waals surface area contributed by atoms with Crippen molar-refractivity contribution in [2.75, 3.05) is 5.32 Å². The number of nitrogens with zero attached hydrogens (tertiary/aromatic N) is 1. The van der Waals surface area contributed by atoms with Crippen molar-refractivity contribution in [1.29, 1.82) is 0 Å². The van der Waals surface area contributed by atoms with Gasteiger partial charge in [-0.1, -0.05) is 17.7 Å². The fraction of sp³-hybridized carbons (Fsp3) is 0.421. The summed E-state index contributed by atoms with van der Waals surface area (Å²) in [4.78, 5) is 30.4. The number of anilines is 1. The number of aliphatic imine (C=N–C) groups is 1. The lowest BCUT2D eigenvalue weighted by atomic mass is 9.71. The van der Waals surface area contributed by atoms with Gasteiger partial charge in [-0.15, -0.1) is 0 Å². The highest BCUT2D eigenvalue weighted by molar-refractivity contribution is 6.30. The zero-order chi connectivity index (χ0) is 18.9. The predicted octanol–water partition coefficient (Wildman–Crippen LogP) is 4.03. The van der Waals surface area contributed by atoms with Crippen molar-refractivity contribution in [3.05, 3.63) is 41.4 Å². The molecule has 0 radical (unpaired) electrons. The van der Waals surface area contributed by atoms with Crippen molar-refractivity contribution in [3.63, 3.8) is 0 Å². The molecule has 2 atom stereocenters. The van der Waals surface area contributed by atoms with E-state index in [-0.39, 0.29) is 0 Å². The Kier molecular flexibility index (Phi) is 5.09. The molecule has 5 nitrogen and oxygen atoms in total. The van der Waals surface area contributed by atoms with Crippen LogP contribution in [0.4, 0.5) is 5.69 Å². The molecule has 1 aromatic carbocycles. The first-order valence-electron chi connectivity index (χ1n) is 8.01. The lowest BCUT2D eigenvalue weighted by molar-refractivity contribution is -0.171. The molecular formula is C19H23ClN2O3. The van der Waals surface area contributed by atoms with Crippen molar-refractivity contribution in [2.24, 2.45) is 10.4 Å². The summed E-state index contributed by atoms with van der Waals surface area (Å²) in [6.07, 6.45) is 5.04. The van der Waals surface area contributed by atoms with Gasteiger partial charge in [-0.3, -0.25) is 14.6 Å². The number of hydrogen-bond acceptors (Lipinski definition) is 4. The average molecular weight is 363 g/mol. The number of nitrogens with one attached hydrogen (secondary N) is 1. The average Bonchev–Trinajstić information content (AvgIpc) is 2.95. The Morgan fingerprint density at radius 1 is 1.16 bits per heavy atom. The highest BCUT2D eigenvalue weighted by Crippen LogP contribution is 2.41. The summed E-state index contributed by atoms with van der Waals surface area (Å²) in [6, 6.07) is 6.67. The van der Waals surface area contributed by atoms with Crippen molar-refractivity contribution in [3.8, 4) is 0 Å². The second kappa shape index (κ2) is 6.64. The summed E-state index contributed by atoms with van der Waals surface area (Å²) in [6.45, 7) is 8.58. The van der Waals surface area contributed by atoms with Gasteiger partial charge in [0.15, 0.2) is 5.41 Å². The Labute approximate surface area is 153 Å². The van der Waals surface area contributed by atoms with E-state index in [1.165, 1.54) is 0 Å². The normalized spacial score (nSPS) is 21.7. The number of amides is 1. The van der Waals surface area contributed by atoms with Crippen LogP contribution in [0.5, 0.6) is 0 Å².